The van der Waals surface area contributed by atoms with Gasteiger partial charge in [-0.1, -0.05) is 30.7 Å². The normalized spacial score (nSPS) is 22.3. The van der Waals surface area contributed by atoms with Gasteiger partial charge in [0.25, 0.3) is 0 Å². The van der Waals surface area contributed by atoms with Gasteiger partial charge in [0, 0.05) is 42.7 Å². The van der Waals surface area contributed by atoms with Crippen molar-refractivity contribution >= 4 is 23.5 Å². The van der Waals surface area contributed by atoms with Gasteiger partial charge in [-0.05, 0) is 54.7 Å². The van der Waals surface area contributed by atoms with Gasteiger partial charge < -0.3 is 20.5 Å². The number of ether oxygens (including phenoxy) is 1. The quantitative estimate of drug-likeness (QED) is 0.608. The number of benzene rings is 1. The van der Waals surface area contributed by atoms with Crippen molar-refractivity contribution in [2.75, 3.05) is 13.2 Å². The van der Waals surface area contributed by atoms with Crippen LogP contribution in [0, 0.1) is 5.92 Å². The number of hydrogen-bond acceptors (Lipinski definition) is 4. The third kappa shape index (κ3) is 6.95. The van der Waals surface area contributed by atoms with Crippen LogP contribution in [0.4, 0.5) is 0 Å². The average Bonchev–Trinajstić information content (AvgIpc) is 2.74. The summed E-state index contributed by atoms with van der Waals surface area (Å²) in [4.78, 5) is 24.9. The van der Waals surface area contributed by atoms with Crippen LogP contribution in [0.3, 0.4) is 0 Å². The van der Waals surface area contributed by atoms with Crippen LogP contribution in [0.1, 0.15) is 38.7 Å². The van der Waals surface area contributed by atoms with E-state index in [1.807, 2.05) is 36.5 Å². The fraction of sp³-hybridized carbons (Fsp3) is 0.391. The van der Waals surface area contributed by atoms with Crippen molar-refractivity contribution in [2.45, 2.75) is 39.5 Å². The molecule has 0 saturated carbocycles. The molecule has 1 unspecified atom stereocenters. The monoisotopic (exact) mass is 432 g/mol. The Hall–Kier alpha value is -2.73. The van der Waals surface area contributed by atoms with Crippen LogP contribution < -0.4 is 5.73 Å². The van der Waals surface area contributed by atoms with Crippen molar-refractivity contribution in [1.29, 1.82) is 0 Å². The number of amides is 1. The molecule has 2 rings (SSSR count). The summed E-state index contributed by atoms with van der Waals surface area (Å²) in [7, 11) is 0. The molecule has 1 amide bonds. The van der Waals surface area contributed by atoms with Gasteiger partial charge >= 0.3 is 5.97 Å². The molecule has 0 bridgehead atoms. The molecule has 1 atom stereocenters. The number of primary amides is 1. The van der Waals surface area contributed by atoms with E-state index in [2.05, 4.69) is 18.7 Å². The number of carbonyl (C=O) groups is 2. The number of aliphatic carboxylic acids is 1. The lowest BCUT2D eigenvalue weighted by molar-refractivity contribution is -0.141. The molecule has 1 aliphatic rings. The van der Waals surface area contributed by atoms with Crippen molar-refractivity contribution in [1.82, 2.24) is 4.90 Å². The Morgan fingerprint density at radius 2 is 2.10 bits per heavy atom. The van der Waals surface area contributed by atoms with Gasteiger partial charge in [-0.15, -0.1) is 0 Å². The van der Waals surface area contributed by atoms with E-state index in [0.717, 1.165) is 29.8 Å². The van der Waals surface area contributed by atoms with Crippen molar-refractivity contribution in [3.05, 3.63) is 70.2 Å². The molecule has 30 heavy (non-hydrogen) atoms. The summed E-state index contributed by atoms with van der Waals surface area (Å²) in [6.45, 7) is 4.42. The number of rotatable bonds is 9. The number of allylic oxidation sites excluding steroid dienone is 5. The number of halogens is 1. The zero-order valence-corrected chi connectivity index (χ0v) is 18.2. The fourth-order valence-electron chi connectivity index (χ4n) is 3.74. The summed E-state index contributed by atoms with van der Waals surface area (Å²) in [5.74, 6) is -1.11. The number of nitrogens with zero attached hydrogens (tertiary/aromatic N) is 1. The minimum absolute atomic E-state index is 0.160. The van der Waals surface area contributed by atoms with Gasteiger partial charge in [-0.25, -0.2) is 4.79 Å². The number of carboxylic acids is 1. The third-order valence-electron chi connectivity index (χ3n) is 5.02. The molecule has 162 valence electrons. The zero-order valence-electron chi connectivity index (χ0n) is 17.4. The van der Waals surface area contributed by atoms with Crippen molar-refractivity contribution < 1.29 is 19.4 Å². The van der Waals surface area contributed by atoms with Crippen LogP contribution >= 0.6 is 11.6 Å². The second kappa shape index (κ2) is 11.5. The second-order valence-corrected chi connectivity index (χ2v) is 7.58. The van der Waals surface area contributed by atoms with E-state index in [9.17, 15) is 9.59 Å². The van der Waals surface area contributed by atoms with Crippen LogP contribution in [0.2, 0.25) is 5.02 Å². The van der Waals surface area contributed by atoms with E-state index in [1.165, 1.54) is 0 Å². The first kappa shape index (κ1) is 23.5. The Morgan fingerprint density at radius 3 is 2.70 bits per heavy atom. The molecule has 0 radical (unpaired) electrons. The van der Waals surface area contributed by atoms with E-state index in [1.54, 1.807) is 6.08 Å². The van der Waals surface area contributed by atoms with Crippen LogP contribution in [0.5, 0.6) is 0 Å². The molecule has 0 aliphatic carbocycles. The molecule has 7 heteroatoms. The number of carboxylic acid groups (broad SMARTS) is 1. The predicted molar refractivity (Wildman–Crippen MR) is 118 cm³/mol. The van der Waals surface area contributed by atoms with Crippen molar-refractivity contribution in [3.8, 4) is 0 Å². The number of hydrogen-bond donors (Lipinski definition) is 2. The highest BCUT2D eigenvalue weighted by Crippen LogP contribution is 2.33. The maximum Gasteiger partial charge on any atom is 0.341 e. The van der Waals surface area contributed by atoms with Gasteiger partial charge in [0.1, 0.15) is 0 Å². The Balaban J connectivity index is 2.51. The molecular weight excluding hydrogens is 404 g/mol. The Labute approximate surface area is 182 Å². The molecule has 0 spiro atoms. The first-order valence-corrected chi connectivity index (χ1v) is 10.4. The van der Waals surface area contributed by atoms with Gasteiger partial charge in [-0.2, -0.15) is 0 Å². The lowest BCUT2D eigenvalue weighted by Crippen LogP contribution is -2.25. The Kier molecular flexibility index (Phi) is 8.99. The molecule has 1 heterocycles. The molecule has 0 fully saturated rings. The fourth-order valence-corrected chi connectivity index (χ4v) is 3.96. The summed E-state index contributed by atoms with van der Waals surface area (Å²) in [5, 5.41) is 9.64. The van der Waals surface area contributed by atoms with Gasteiger partial charge in [0.2, 0.25) is 5.91 Å². The summed E-state index contributed by atoms with van der Waals surface area (Å²) in [5.41, 5.74) is 8.83. The van der Waals surface area contributed by atoms with E-state index in [4.69, 9.17) is 27.2 Å². The van der Waals surface area contributed by atoms with Crippen LogP contribution in [0.25, 0.3) is 0 Å². The molecule has 6 nitrogen and oxygen atoms in total. The molecule has 1 aliphatic heterocycles. The largest absolute Gasteiger partial charge is 0.486 e. The lowest BCUT2D eigenvalue weighted by atomic mass is 9.86. The molecule has 0 aromatic heterocycles. The molecular formula is C23H29ClN2O4. The average molecular weight is 433 g/mol. The minimum atomic E-state index is -1.05. The first-order valence-electron chi connectivity index (χ1n) is 10.1. The first-order chi connectivity index (χ1) is 14.3. The maximum absolute atomic E-state index is 11.8. The van der Waals surface area contributed by atoms with E-state index >= 15 is 0 Å². The summed E-state index contributed by atoms with van der Waals surface area (Å²) < 4.78 is 5.48. The smallest absolute Gasteiger partial charge is 0.341 e. The van der Waals surface area contributed by atoms with Crippen LogP contribution in [-0.4, -0.2) is 35.0 Å². The maximum atomic E-state index is 11.8. The molecule has 1 aromatic rings. The summed E-state index contributed by atoms with van der Waals surface area (Å²) in [6, 6.07) is 7.73. The predicted octanol–water partition coefficient (Wildman–Crippen LogP) is 4.26. The number of carbonyl (C=O) groups excluding carboxylic acids is 1. The standard InChI is InChI=1S/C23H29ClN2O4/c1-3-20-17(14-22(25)27)13-19(30-15-23(28)29)9-6-10-26(4-2)21(20)12-16-7-5-8-18(24)11-16/h5-11,17H,3-4,12-15H2,1-2H3,(H2,25,27)(H,28,29)/b10-6-,19-9+,21-20-. The topological polar surface area (TPSA) is 92.9 Å². The van der Waals surface area contributed by atoms with Crippen LogP contribution in [0.15, 0.2) is 59.6 Å². The van der Waals surface area contributed by atoms with Gasteiger partial charge in [-0.3, -0.25) is 4.79 Å². The molecule has 3 N–H and O–H groups in total. The second-order valence-electron chi connectivity index (χ2n) is 7.15. The lowest BCUT2D eigenvalue weighted by Gasteiger charge is -2.29. The molecule has 1 aromatic carbocycles. The van der Waals surface area contributed by atoms with E-state index < -0.39 is 18.5 Å². The highest BCUT2D eigenvalue weighted by atomic mass is 35.5. The van der Waals surface area contributed by atoms with E-state index in [-0.39, 0.29) is 12.3 Å². The Bertz CT molecular complexity index is 861. The van der Waals surface area contributed by atoms with E-state index in [0.29, 0.717) is 23.6 Å². The third-order valence-corrected chi connectivity index (χ3v) is 5.25. The Morgan fingerprint density at radius 1 is 1.33 bits per heavy atom. The number of likely N-dealkylation sites (N-methyl/N-ethyl adjacent to an activating group) is 1. The summed E-state index contributed by atoms with van der Waals surface area (Å²) >= 11 is 6.19. The SMILES string of the molecule is CC/C1=C(\Cc2cccc(Cl)c2)N(CC)/C=C\C=C(\OCC(=O)O)CC1CC(N)=O. The molecule has 0 saturated heterocycles. The van der Waals surface area contributed by atoms with Crippen molar-refractivity contribution in [2.24, 2.45) is 11.7 Å². The number of nitrogens with two attached hydrogens (primary N) is 1. The van der Waals surface area contributed by atoms with Crippen molar-refractivity contribution in [3.63, 3.8) is 0 Å². The van der Waals surface area contributed by atoms with Gasteiger partial charge in [0.05, 0.1) is 5.76 Å². The summed E-state index contributed by atoms with van der Waals surface area (Å²) in [6.07, 6.45) is 7.50. The van der Waals surface area contributed by atoms with Crippen LogP contribution in [-0.2, 0) is 20.7 Å². The van der Waals surface area contributed by atoms with Gasteiger partial charge in [0.15, 0.2) is 6.61 Å². The highest BCUT2D eigenvalue weighted by molar-refractivity contribution is 6.30. The zero-order chi connectivity index (χ0) is 22.1. The highest BCUT2D eigenvalue weighted by Gasteiger charge is 2.24. The minimum Gasteiger partial charge on any atom is -0.486 e.